The number of ether oxygens (including phenoxy) is 1. The van der Waals surface area contributed by atoms with E-state index in [4.69, 9.17) is 4.74 Å². The molecule has 1 aliphatic rings. The highest BCUT2D eigenvalue weighted by Gasteiger charge is 2.13. The number of anilines is 1. The molecule has 2 heterocycles. The molecule has 0 radical (unpaired) electrons. The maximum atomic E-state index is 5.56. The highest BCUT2D eigenvalue weighted by Crippen LogP contribution is 2.14. The van der Waals surface area contributed by atoms with Crippen LogP contribution in [0, 0.1) is 12.8 Å². The van der Waals surface area contributed by atoms with E-state index >= 15 is 0 Å². The average Bonchev–Trinajstić information content (AvgIpc) is 2.68. The van der Waals surface area contributed by atoms with Crippen LogP contribution in [-0.2, 0) is 11.2 Å². The Hall–Kier alpha value is -0.620. The Labute approximate surface area is 139 Å². The van der Waals surface area contributed by atoms with Crippen molar-refractivity contribution < 1.29 is 4.74 Å². The molecular weight excluding hydrogens is 311 g/mol. The maximum Gasteiger partial charge on any atom is 0.132 e. The molecule has 5 nitrogen and oxygen atoms in total. The van der Waals surface area contributed by atoms with E-state index in [0.29, 0.717) is 5.92 Å². The Kier molecular flexibility index (Phi) is 10.7. The van der Waals surface area contributed by atoms with Gasteiger partial charge >= 0.3 is 0 Å². The summed E-state index contributed by atoms with van der Waals surface area (Å²) in [7, 11) is 0. The van der Waals surface area contributed by atoms with E-state index in [0.717, 1.165) is 57.3 Å². The predicted octanol–water partition coefficient (Wildman–Crippen LogP) is 2.23. The fourth-order valence-corrected chi connectivity index (χ4v) is 2.23. The fourth-order valence-electron chi connectivity index (χ4n) is 2.23. The minimum atomic E-state index is 0. The summed E-state index contributed by atoms with van der Waals surface area (Å²) in [6.45, 7) is 8.56. The number of hydrogen-bond donors (Lipinski definition) is 2. The lowest BCUT2D eigenvalue weighted by Crippen LogP contribution is -2.28. The van der Waals surface area contributed by atoms with Gasteiger partial charge in [-0.2, -0.15) is 0 Å². The highest BCUT2D eigenvalue weighted by molar-refractivity contribution is 5.85. The number of nitrogens with one attached hydrogen (secondary N) is 2. The summed E-state index contributed by atoms with van der Waals surface area (Å²) in [5.74, 6) is 2.29. The topological polar surface area (TPSA) is 59.1 Å². The number of halogens is 2. The van der Waals surface area contributed by atoms with Crippen LogP contribution in [0.2, 0.25) is 0 Å². The Balaban J connectivity index is 0.00000200. The molecule has 1 aromatic rings. The summed E-state index contributed by atoms with van der Waals surface area (Å²) in [5, 5.41) is 6.85. The minimum absolute atomic E-state index is 0. The van der Waals surface area contributed by atoms with Crippen molar-refractivity contribution in [3.63, 3.8) is 0 Å². The summed E-state index contributed by atoms with van der Waals surface area (Å²) < 4.78 is 5.56. The average molecular weight is 337 g/mol. The molecule has 0 saturated carbocycles. The standard InChI is InChI=1S/C14H24N4O.2ClH/c1-3-4-13-9-16-11(2)18-14(13)17-8-12-7-15-5-6-19-10-12;;/h9,12,15H,3-8,10H2,1-2H3,(H,16,17,18);2*1H. The summed E-state index contributed by atoms with van der Waals surface area (Å²) >= 11 is 0. The van der Waals surface area contributed by atoms with Gasteiger partial charge in [0.1, 0.15) is 11.6 Å². The zero-order valence-electron chi connectivity index (χ0n) is 12.7. The van der Waals surface area contributed by atoms with Crippen LogP contribution in [0.15, 0.2) is 6.20 Å². The monoisotopic (exact) mass is 336 g/mol. The van der Waals surface area contributed by atoms with Gasteiger partial charge in [-0.15, -0.1) is 24.8 Å². The van der Waals surface area contributed by atoms with Gasteiger partial charge in [0.2, 0.25) is 0 Å². The molecule has 1 fully saturated rings. The van der Waals surface area contributed by atoms with E-state index in [9.17, 15) is 0 Å². The lowest BCUT2D eigenvalue weighted by atomic mass is 10.1. The third-order valence-corrected chi connectivity index (χ3v) is 3.27. The van der Waals surface area contributed by atoms with Crippen molar-refractivity contribution in [3.05, 3.63) is 17.6 Å². The first-order valence-electron chi connectivity index (χ1n) is 7.14. The zero-order valence-corrected chi connectivity index (χ0v) is 14.4. The molecule has 0 amide bonds. The van der Waals surface area contributed by atoms with Gasteiger partial charge < -0.3 is 15.4 Å². The number of aromatic nitrogens is 2. The lowest BCUT2D eigenvalue weighted by Gasteiger charge is -2.17. The van der Waals surface area contributed by atoms with Crippen LogP contribution in [0.4, 0.5) is 5.82 Å². The molecule has 2 N–H and O–H groups in total. The number of rotatable bonds is 5. The molecule has 0 aromatic carbocycles. The first-order valence-corrected chi connectivity index (χ1v) is 7.14. The van der Waals surface area contributed by atoms with Gasteiger partial charge in [-0.05, 0) is 13.3 Å². The number of hydrogen-bond acceptors (Lipinski definition) is 5. The quantitative estimate of drug-likeness (QED) is 0.863. The van der Waals surface area contributed by atoms with E-state index < -0.39 is 0 Å². The van der Waals surface area contributed by atoms with Crippen LogP contribution < -0.4 is 10.6 Å². The van der Waals surface area contributed by atoms with E-state index in [2.05, 4.69) is 27.5 Å². The Morgan fingerprint density at radius 3 is 3.00 bits per heavy atom. The smallest absolute Gasteiger partial charge is 0.132 e. The van der Waals surface area contributed by atoms with Gasteiger partial charge in [-0.3, -0.25) is 0 Å². The van der Waals surface area contributed by atoms with Gasteiger partial charge in [0, 0.05) is 37.3 Å². The number of aryl methyl sites for hydroxylation is 2. The van der Waals surface area contributed by atoms with Crippen molar-refractivity contribution in [3.8, 4) is 0 Å². The van der Waals surface area contributed by atoms with Gasteiger partial charge in [0.15, 0.2) is 0 Å². The first-order chi connectivity index (χ1) is 9.29. The largest absolute Gasteiger partial charge is 0.380 e. The fraction of sp³-hybridized carbons (Fsp3) is 0.714. The minimum Gasteiger partial charge on any atom is -0.380 e. The third kappa shape index (κ3) is 6.78. The predicted molar refractivity (Wildman–Crippen MR) is 90.9 cm³/mol. The van der Waals surface area contributed by atoms with Crippen molar-refractivity contribution in [2.24, 2.45) is 5.92 Å². The molecule has 1 saturated heterocycles. The Bertz CT molecular complexity index is 399. The molecule has 1 aliphatic heterocycles. The van der Waals surface area contributed by atoms with Crippen LogP contribution in [0.25, 0.3) is 0 Å². The molecule has 122 valence electrons. The SMILES string of the molecule is CCCc1cnc(C)nc1NCC1CNCCOC1.Cl.Cl. The van der Waals surface area contributed by atoms with Crippen LogP contribution in [-0.4, -0.2) is 42.8 Å². The van der Waals surface area contributed by atoms with Gasteiger partial charge in [-0.25, -0.2) is 9.97 Å². The molecule has 2 rings (SSSR count). The van der Waals surface area contributed by atoms with E-state index in [1.165, 1.54) is 5.56 Å². The molecule has 7 heteroatoms. The zero-order chi connectivity index (χ0) is 13.5. The molecule has 1 aromatic heterocycles. The second-order valence-electron chi connectivity index (χ2n) is 5.07. The number of nitrogens with zero attached hydrogens (tertiary/aromatic N) is 2. The van der Waals surface area contributed by atoms with Crippen molar-refractivity contribution in [1.82, 2.24) is 15.3 Å². The van der Waals surface area contributed by atoms with E-state index in [1.807, 2.05) is 13.1 Å². The molecule has 0 bridgehead atoms. The van der Waals surface area contributed by atoms with E-state index in [1.54, 1.807) is 0 Å². The van der Waals surface area contributed by atoms with Gasteiger partial charge in [0.25, 0.3) is 0 Å². The summed E-state index contributed by atoms with van der Waals surface area (Å²) in [4.78, 5) is 8.80. The van der Waals surface area contributed by atoms with Crippen LogP contribution in [0.1, 0.15) is 24.7 Å². The van der Waals surface area contributed by atoms with Gasteiger partial charge in [-0.1, -0.05) is 13.3 Å². The molecule has 0 spiro atoms. The van der Waals surface area contributed by atoms with Crippen LogP contribution in [0.3, 0.4) is 0 Å². The summed E-state index contributed by atoms with van der Waals surface area (Å²) in [6, 6.07) is 0. The van der Waals surface area contributed by atoms with Crippen molar-refractivity contribution in [2.45, 2.75) is 26.7 Å². The molecule has 0 aliphatic carbocycles. The third-order valence-electron chi connectivity index (χ3n) is 3.27. The van der Waals surface area contributed by atoms with Gasteiger partial charge in [0.05, 0.1) is 13.2 Å². The first kappa shape index (κ1) is 20.4. The molecule has 21 heavy (non-hydrogen) atoms. The van der Waals surface area contributed by atoms with E-state index in [-0.39, 0.29) is 24.8 Å². The highest BCUT2D eigenvalue weighted by atomic mass is 35.5. The Morgan fingerprint density at radius 2 is 2.24 bits per heavy atom. The van der Waals surface area contributed by atoms with Crippen LogP contribution in [0.5, 0.6) is 0 Å². The van der Waals surface area contributed by atoms with Crippen molar-refractivity contribution in [1.29, 1.82) is 0 Å². The second-order valence-corrected chi connectivity index (χ2v) is 5.07. The van der Waals surface area contributed by atoms with Crippen molar-refractivity contribution >= 4 is 30.6 Å². The second kappa shape index (κ2) is 11.0. The molecule has 1 atom stereocenters. The molecule has 1 unspecified atom stereocenters. The van der Waals surface area contributed by atoms with Crippen LogP contribution >= 0.6 is 24.8 Å². The Morgan fingerprint density at radius 1 is 1.43 bits per heavy atom. The maximum absolute atomic E-state index is 5.56. The van der Waals surface area contributed by atoms with Crippen molar-refractivity contribution in [2.75, 3.05) is 38.2 Å². The molecular formula is C14H26Cl2N4O. The lowest BCUT2D eigenvalue weighted by molar-refractivity contribution is 0.127. The summed E-state index contributed by atoms with van der Waals surface area (Å²) in [5.41, 5.74) is 1.20. The summed E-state index contributed by atoms with van der Waals surface area (Å²) in [6.07, 6.45) is 4.06. The normalized spacial score (nSPS) is 18.1.